The van der Waals surface area contributed by atoms with Crippen LogP contribution in [0.15, 0.2) is 24.3 Å². The number of aliphatic carboxylic acids is 1. The lowest BCUT2D eigenvalue weighted by Crippen LogP contribution is -2.45. The van der Waals surface area contributed by atoms with Gasteiger partial charge in [-0.05, 0) is 12.1 Å². The lowest BCUT2D eigenvalue weighted by atomic mass is 10.1. The van der Waals surface area contributed by atoms with Crippen LogP contribution in [0, 0.1) is 0 Å². The fourth-order valence-corrected chi connectivity index (χ4v) is 2.46. The molecule has 1 N–H and O–H groups in total. The zero-order chi connectivity index (χ0) is 17.6. The molecule has 10 heteroatoms. The second-order valence-electron chi connectivity index (χ2n) is 5.03. The fraction of sp³-hybridized carbons (Fsp3) is 0.143. The molecule has 10 nitrogen and oxygen atoms in total. The van der Waals surface area contributed by atoms with Crippen molar-refractivity contribution in [3.05, 3.63) is 35.4 Å². The van der Waals surface area contributed by atoms with Crippen molar-refractivity contribution in [1.82, 2.24) is 14.7 Å². The molecule has 3 rings (SSSR count). The molecular weight excluding hydrogens is 322 g/mol. The Hall–Kier alpha value is -3.56. The van der Waals surface area contributed by atoms with Gasteiger partial charge >= 0.3 is 23.8 Å². The molecule has 0 bridgehead atoms. The first-order chi connectivity index (χ1) is 11.3. The highest BCUT2D eigenvalue weighted by Gasteiger charge is 2.48. The van der Waals surface area contributed by atoms with Crippen LogP contribution in [0.4, 0.5) is 4.79 Å². The minimum atomic E-state index is -1.48. The van der Waals surface area contributed by atoms with Gasteiger partial charge in [-0.15, -0.1) is 0 Å². The Morgan fingerprint density at radius 1 is 0.792 bits per heavy atom. The van der Waals surface area contributed by atoms with Crippen molar-refractivity contribution in [3.8, 4) is 0 Å². The molecule has 2 aliphatic heterocycles. The van der Waals surface area contributed by atoms with E-state index < -0.39 is 48.8 Å². The van der Waals surface area contributed by atoms with E-state index in [-0.39, 0.29) is 16.0 Å². The minimum Gasteiger partial charge on any atom is -0.480 e. The van der Waals surface area contributed by atoms with Gasteiger partial charge in [0.15, 0.2) is 0 Å². The second kappa shape index (κ2) is 5.26. The SMILES string of the molecule is O=C(O)CN1C(=O)C(=O)N(CN2C(=O)c3ccccc3C2=O)C1=O. The number of carboxylic acids is 1. The van der Waals surface area contributed by atoms with Gasteiger partial charge in [0.1, 0.15) is 13.2 Å². The number of imide groups is 3. The van der Waals surface area contributed by atoms with Crippen molar-refractivity contribution in [2.45, 2.75) is 0 Å². The number of rotatable bonds is 4. The molecule has 0 saturated carbocycles. The largest absolute Gasteiger partial charge is 0.480 e. The van der Waals surface area contributed by atoms with Crippen LogP contribution in [0.25, 0.3) is 0 Å². The predicted octanol–water partition coefficient (Wildman–Crippen LogP) is -0.884. The molecule has 1 fully saturated rings. The molecule has 0 aromatic heterocycles. The Labute approximate surface area is 133 Å². The number of carbonyl (C=O) groups excluding carboxylic acids is 5. The average Bonchev–Trinajstić information content (AvgIpc) is 2.90. The van der Waals surface area contributed by atoms with Crippen LogP contribution in [-0.4, -0.2) is 68.6 Å². The van der Waals surface area contributed by atoms with Gasteiger partial charge in [-0.25, -0.2) is 14.6 Å². The normalized spacial score (nSPS) is 17.2. The molecule has 2 aliphatic rings. The summed E-state index contributed by atoms with van der Waals surface area (Å²) in [5.74, 6) is -5.51. The molecule has 6 amide bonds. The zero-order valence-corrected chi connectivity index (χ0v) is 12.0. The minimum absolute atomic E-state index is 0.121. The molecule has 1 saturated heterocycles. The van der Waals surface area contributed by atoms with Crippen molar-refractivity contribution in [2.24, 2.45) is 0 Å². The highest BCUT2D eigenvalue weighted by Crippen LogP contribution is 2.24. The van der Waals surface area contributed by atoms with E-state index in [2.05, 4.69) is 0 Å². The fourth-order valence-electron chi connectivity index (χ4n) is 2.46. The van der Waals surface area contributed by atoms with Gasteiger partial charge in [-0.3, -0.25) is 28.9 Å². The van der Waals surface area contributed by atoms with Crippen LogP contribution in [0.5, 0.6) is 0 Å². The van der Waals surface area contributed by atoms with Gasteiger partial charge < -0.3 is 5.11 Å². The van der Waals surface area contributed by atoms with E-state index in [4.69, 9.17) is 5.11 Å². The number of amides is 6. The number of carboxylic acid groups (broad SMARTS) is 1. The molecule has 0 unspecified atom stereocenters. The summed E-state index contributed by atoms with van der Waals surface area (Å²) in [5.41, 5.74) is 0.241. The van der Waals surface area contributed by atoms with Gasteiger partial charge in [0.05, 0.1) is 11.1 Å². The molecule has 1 aromatic carbocycles. The molecular formula is C14H9N3O7. The van der Waals surface area contributed by atoms with Crippen LogP contribution in [0.2, 0.25) is 0 Å². The summed E-state index contributed by atoms with van der Waals surface area (Å²) >= 11 is 0. The topological polar surface area (TPSA) is 132 Å². The lowest BCUT2D eigenvalue weighted by molar-refractivity contribution is -0.146. The number of benzene rings is 1. The predicted molar refractivity (Wildman–Crippen MR) is 73.4 cm³/mol. The summed E-state index contributed by atoms with van der Waals surface area (Å²) in [6.45, 7) is -1.74. The smallest absolute Gasteiger partial charge is 0.336 e. The van der Waals surface area contributed by atoms with Crippen molar-refractivity contribution in [3.63, 3.8) is 0 Å². The first-order valence-electron chi connectivity index (χ1n) is 6.67. The summed E-state index contributed by atoms with van der Waals surface area (Å²) in [7, 11) is 0. The van der Waals surface area contributed by atoms with E-state index in [1.807, 2.05) is 0 Å². The summed E-state index contributed by atoms with van der Waals surface area (Å²) in [5, 5.41) is 8.67. The highest BCUT2D eigenvalue weighted by atomic mass is 16.4. The molecule has 2 heterocycles. The van der Waals surface area contributed by atoms with Crippen LogP contribution in [0.1, 0.15) is 20.7 Å². The standard InChI is InChI=1S/C14H9N3O7/c18-9(19)5-15-12(22)13(23)17(14(15)24)6-16-10(20)7-3-1-2-4-8(7)11(16)21/h1-4H,5-6H2,(H,18,19). The molecule has 0 spiro atoms. The Morgan fingerprint density at radius 2 is 1.29 bits per heavy atom. The highest BCUT2D eigenvalue weighted by molar-refractivity contribution is 6.45. The Balaban J connectivity index is 1.85. The first-order valence-corrected chi connectivity index (χ1v) is 6.67. The Morgan fingerprint density at radius 3 is 1.79 bits per heavy atom. The molecule has 24 heavy (non-hydrogen) atoms. The summed E-state index contributed by atoms with van der Waals surface area (Å²) in [6.07, 6.45) is 0. The third kappa shape index (κ3) is 2.12. The quantitative estimate of drug-likeness (QED) is 0.430. The molecule has 0 atom stereocenters. The zero-order valence-electron chi connectivity index (χ0n) is 12.0. The third-order valence-corrected chi connectivity index (χ3v) is 3.59. The van der Waals surface area contributed by atoms with E-state index in [1.165, 1.54) is 12.1 Å². The number of fused-ring (bicyclic) bond motifs is 1. The van der Waals surface area contributed by atoms with Crippen molar-refractivity contribution >= 4 is 35.6 Å². The number of nitrogens with zero attached hydrogens (tertiary/aromatic N) is 3. The van der Waals surface area contributed by atoms with E-state index in [0.29, 0.717) is 9.80 Å². The van der Waals surface area contributed by atoms with Gasteiger partial charge in [0.2, 0.25) is 0 Å². The summed E-state index contributed by atoms with van der Waals surface area (Å²) in [6, 6.07) is 4.76. The summed E-state index contributed by atoms with van der Waals surface area (Å²) < 4.78 is 0. The average molecular weight is 331 g/mol. The molecule has 0 aliphatic carbocycles. The Bertz CT molecular complexity index is 796. The molecule has 0 radical (unpaired) electrons. The van der Waals surface area contributed by atoms with Crippen molar-refractivity contribution in [2.75, 3.05) is 13.2 Å². The van der Waals surface area contributed by atoms with Gasteiger partial charge in [-0.1, -0.05) is 12.1 Å². The third-order valence-electron chi connectivity index (χ3n) is 3.59. The van der Waals surface area contributed by atoms with Gasteiger partial charge in [-0.2, -0.15) is 0 Å². The first kappa shape index (κ1) is 15.3. The number of carbonyl (C=O) groups is 6. The monoisotopic (exact) mass is 331 g/mol. The van der Waals surface area contributed by atoms with Crippen molar-refractivity contribution < 1.29 is 33.9 Å². The number of hydrogen-bond donors (Lipinski definition) is 1. The van der Waals surface area contributed by atoms with Crippen LogP contribution >= 0.6 is 0 Å². The maximum atomic E-state index is 12.2. The molecule has 122 valence electrons. The van der Waals surface area contributed by atoms with E-state index in [1.54, 1.807) is 12.1 Å². The van der Waals surface area contributed by atoms with E-state index in [9.17, 15) is 28.8 Å². The van der Waals surface area contributed by atoms with E-state index >= 15 is 0 Å². The van der Waals surface area contributed by atoms with E-state index in [0.717, 1.165) is 0 Å². The van der Waals surface area contributed by atoms with Crippen molar-refractivity contribution in [1.29, 1.82) is 0 Å². The molecule has 1 aromatic rings. The Kier molecular flexibility index (Phi) is 3.36. The summed E-state index contributed by atoms with van der Waals surface area (Å²) in [4.78, 5) is 71.9. The number of urea groups is 1. The maximum absolute atomic E-state index is 12.2. The van der Waals surface area contributed by atoms with Gasteiger partial charge in [0, 0.05) is 0 Å². The maximum Gasteiger partial charge on any atom is 0.336 e. The van der Waals surface area contributed by atoms with Crippen LogP contribution < -0.4 is 0 Å². The lowest BCUT2D eigenvalue weighted by Gasteiger charge is -2.20. The van der Waals surface area contributed by atoms with Gasteiger partial charge in [0.25, 0.3) is 11.8 Å². The van der Waals surface area contributed by atoms with Crippen LogP contribution in [0.3, 0.4) is 0 Å². The second-order valence-corrected chi connectivity index (χ2v) is 5.03. The van der Waals surface area contributed by atoms with Crippen LogP contribution in [-0.2, 0) is 14.4 Å². The number of hydrogen-bond acceptors (Lipinski definition) is 6.